The molecular weight excluding hydrogens is 206 g/mol. The van der Waals surface area contributed by atoms with Crippen molar-refractivity contribution in [3.05, 3.63) is 70.8 Å². The van der Waals surface area contributed by atoms with Crippen LogP contribution < -0.4 is 5.73 Å². The summed E-state index contributed by atoms with van der Waals surface area (Å²) >= 11 is 0. The normalized spacial score (nSPS) is 10.9. The molecule has 0 saturated heterocycles. The van der Waals surface area contributed by atoms with Crippen molar-refractivity contribution in [1.29, 1.82) is 0 Å². The van der Waals surface area contributed by atoms with Crippen LogP contribution in [0.1, 0.15) is 22.3 Å². The number of benzene rings is 2. The van der Waals surface area contributed by atoms with E-state index in [0.29, 0.717) is 6.54 Å². The standard InChI is InChI=1S/C16H17N/c1-13-2-4-14(5-3-13)6-7-15-8-10-16(12-17)11-9-15/h2-11H,12,17H2,1H3/b7-6+. The minimum Gasteiger partial charge on any atom is -0.326 e. The maximum absolute atomic E-state index is 5.56. The van der Waals surface area contributed by atoms with Gasteiger partial charge in [0, 0.05) is 6.54 Å². The molecule has 2 rings (SSSR count). The summed E-state index contributed by atoms with van der Waals surface area (Å²) in [6.45, 7) is 2.70. The largest absolute Gasteiger partial charge is 0.326 e. The maximum atomic E-state index is 5.56. The molecule has 0 heterocycles. The average Bonchev–Trinajstić information content (AvgIpc) is 2.39. The fourth-order valence-electron chi connectivity index (χ4n) is 1.63. The van der Waals surface area contributed by atoms with Crippen LogP contribution >= 0.6 is 0 Å². The smallest absolute Gasteiger partial charge is 0.0178 e. The summed E-state index contributed by atoms with van der Waals surface area (Å²) in [5.74, 6) is 0. The molecule has 2 aromatic carbocycles. The number of hydrogen-bond acceptors (Lipinski definition) is 1. The monoisotopic (exact) mass is 223 g/mol. The highest BCUT2D eigenvalue weighted by Crippen LogP contribution is 2.10. The third-order valence-electron chi connectivity index (χ3n) is 2.76. The van der Waals surface area contributed by atoms with E-state index in [9.17, 15) is 0 Å². The lowest BCUT2D eigenvalue weighted by Gasteiger charge is -1.98. The van der Waals surface area contributed by atoms with Gasteiger partial charge in [0.25, 0.3) is 0 Å². The molecule has 0 aliphatic carbocycles. The van der Waals surface area contributed by atoms with Crippen molar-refractivity contribution in [2.45, 2.75) is 13.5 Å². The lowest BCUT2D eigenvalue weighted by Crippen LogP contribution is -1.94. The second kappa shape index (κ2) is 5.46. The molecule has 17 heavy (non-hydrogen) atoms. The van der Waals surface area contributed by atoms with Crippen molar-refractivity contribution in [2.24, 2.45) is 5.73 Å². The van der Waals surface area contributed by atoms with Crippen LogP contribution in [-0.2, 0) is 6.54 Å². The summed E-state index contributed by atoms with van der Waals surface area (Å²) in [6.07, 6.45) is 4.24. The van der Waals surface area contributed by atoms with E-state index in [-0.39, 0.29) is 0 Å². The molecule has 0 atom stereocenters. The Bertz CT molecular complexity index is 492. The molecule has 0 radical (unpaired) electrons. The van der Waals surface area contributed by atoms with Crippen molar-refractivity contribution in [1.82, 2.24) is 0 Å². The highest BCUT2D eigenvalue weighted by atomic mass is 14.5. The Morgan fingerprint density at radius 3 is 1.76 bits per heavy atom. The first kappa shape index (κ1) is 11.6. The summed E-state index contributed by atoms with van der Waals surface area (Å²) in [5.41, 5.74) is 10.4. The molecule has 86 valence electrons. The van der Waals surface area contributed by atoms with Gasteiger partial charge in [-0.25, -0.2) is 0 Å². The molecule has 2 N–H and O–H groups in total. The minimum atomic E-state index is 0.599. The van der Waals surface area contributed by atoms with Crippen LogP contribution in [0.25, 0.3) is 12.2 Å². The third kappa shape index (κ3) is 3.30. The van der Waals surface area contributed by atoms with E-state index in [1.807, 2.05) is 0 Å². The molecule has 0 saturated carbocycles. The number of rotatable bonds is 3. The van der Waals surface area contributed by atoms with Crippen molar-refractivity contribution in [2.75, 3.05) is 0 Å². The van der Waals surface area contributed by atoms with E-state index in [1.165, 1.54) is 16.7 Å². The van der Waals surface area contributed by atoms with E-state index < -0.39 is 0 Å². The molecule has 0 unspecified atom stereocenters. The summed E-state index contributed by atoms with van der Waals surface area (Å²) in [7, 11) is 0. The molecule has 0 amide bonds. The second-order valence-electron chi connectivity index (χ2n) is 4.19. The zero-order valence-electron chi connectivity index (χ0n) is 10.1. The lowest BCUT2D eigenvalue weighted by atomic mass is 10.1. The molecule has 0 spiro atoms. The van der Waals surface area contributed by atoms with Crippen LogP contribution in [0.4, 0.5) is 0 Å². The highest BCUT2D eigenvalue weighted by Gasteiger charge is 1.90. The molecule has 0 aliphatic heterocycles. The topological polar surface area (TPSA) is 26.0 Å². The van der Waals surface area contributed by atoms with Crippen LogP contribution in [0.2, 0.25) is 0 Å². The summed E-state index contributed by atoms with van der Waals surface area (Å²) in [4.78, 5) is 0. The van der Waals surface area contributed by atoms with Crippen molar-refractivity contribution < 1.29 is 0 Å². The van der Waals surface area contributed by atoms with Crippen LogP contribution in [-0.4, -0.2) is 0 Å². The molecule has 2 aromatic rings. The van der Waals surface area contributed by atoms with E-state index in [2.05, 4.69) is 67.6 Å². The fraction of sp³-hybridized carbons (Fsp3) is 0.125. The Morgan fingerprint density at radius 1 is 0.824 bits per heavy atom. The van der Waals surface area contributed by atoms with Gasteiger partial charge >= 0.3 is 0 Å². The van der Waals surface area contributed by atoms with Gasteiger partial charge in [0.05, 0.1) is 0 Å². The number of aryl methyl sites for hydroxylation is 1. The van der Waals surface area contributed by atoms with Gasteiger partial charge < -0.3 is 5.73 Å². The van der Waals surface area contributed by atoms with Crippen molar-refractivity contribution >= 4 is 12.2 Å². The Balaban J connectivity index is 2.11. The van der Waals surface area contributed by atoms with E-state index in [1.54, 1.807) is 0 Å². The average molecular weight is 223 g/mol. The van der Waals surface area contributed by atoms with Gasteiger partial charge in [0.2, 0.25) is 0 Å². The van der Waals surface area contributed by atoms with E-state index in [4.69, 9.17) is 5.73 Å². The summed E-state index contributed by atoms with van der Waals surface area (Å²) in [6, 6.07) is 16.8. The molecule has 0 aromatic heterocycles. The molecule has 1 heteroatoms. The Labute approximate surface area is 103 Å². The molecule has 0 fully saturated rings. The summed E-state index contributed by atoms with van der Waals surface area (Å²) < 4.78 is 0. The highest BCUT2D eigenvalue weighted by molar-refractivity contribution is 5.69. The molecule has 1 nitrogen and oxygen atoms in total. The zero-order valence-corrected chi connectivity index (χ0v) is 10.1. The summed E-state index contributed by atoms with van der Waals surface area (Å²) in [5, 5.41) is 0. The van der Waals surface area contributed by atoms with E-state index in [0.717, 1.165) is 5.56 Å². The first-order chi connectivity index (χ1) is 8.28. The Morgan fingerprint density at radius 2 is 1.29 bits per heavy atom. The van der Waals surface area contributed by atoms with Gasteiger partial charge in [-0.3, -0.25) is 0 Å². The molecular formula is C16H17N. The quantitative estimate of drug-likeness (QED) is 0.790. The Kier molecular flexibility index (Phi) is 3.73. The predicted molar refractivity (Wildman–Crippen MR) is 74.4 cm³/mol. The number of hydrogen-bond donors (Lipinski definition) is 1. The molecule has 0 bridgehead atoms. The van der Waals surface area contributed by atoms with Gasteiger partial charge in [-0.15, -0.1) is 0 Å². The van der Waals surface area contributed by atoms with Gasteiger partial charge in [-0.1, -0.05) is 66.2 Å². The predicted octanol–water partition coefficient (Wildman–Crippen LogP) is 3.62. The lowest BCUT2D eigenvalue weighted by molar-refractivity contribution is 1.07. The van der Waals surface area contributed by atoms with Crippen LogP contribution in [0, 0.1) is 6.92 Å². The SMILES string of the molecule is Cc1ccc(/C=C/c2ccc(CN)cc2)cc1. The number of nitrogens with two attached hydrogens (primary N) is 1. The van der Waals surface area contributed by atoms with Gasteiger partial charge in [0.15, 0.2) is 0 Å². The first-order valence-electron chi connectivity index (χ1n) is 5.82. The molecule has 0 aliphatic rings. The van der Waals surface area contributed by atoms with Crippen LogP contribution in [0.3, 0.4) is 0 Å². The van der Waals surface area contributed by atoms with Gasteiger partial charge in [-0.05, 0) is 23.6 Å². The maximum Gasteiger partial charge on any atom is 0.0178 e. The van der Waals surface area contributed by atoms with Gasteiger partial charge in [0.1, 0.15) is 0 Å². The van der Waals surface area contributed by atoms with Crippen LogP contribution in [0.5, 0.6) is 0 Å². The Hall–Kier alpha value is -1.86. The fourth-order valence-corrected chi connectivity index (χ4v) is 1.63. The van der Waals surface area contributed by atoms with Crippen molar-refractivity contribution in [3.8, 4) is 0 Å². The zero-order chi connectivity index (χ0) is 12.1. The van der Waals surface area contributed by atoms with Crippen molar-refractivity contribution in [3.63, 3.8) is 0 Å². The third-order valence-corrected chi connectivity index (χ3v) is 2.76. The van der Waals surface area contributed by atoms with Crippen LogP contribution in [0.15, 0.2) is 48.5 Å². The minimum absolute atomic E-state index is 0.599. The second-order valence-corrected chi connectivity index (χ2v) is 4.19. The van der Waals surface area contributed by atoms with E-state index >= 15 is 0 Å². The van der Waals surface area contributed by atoms with Gasteiger partial charge in [-0.2, -0.15) is 0 Å². The first-order valence-corrected chi connectivity index (χ1v) is 5.82.